The lowest BCUT2D eigenvalue weighted by Gasteiger charge is -1.97. The fourth-order valence-corrected chi connectivity index (χ4v) is 1.70. The zero-order chi connectivity index (χ0) is 8.81. The van der Waals surface area contributed by atoms with Crippen LogP contribution in [0, 0.1) is 0 Å². The zero-order valence-electron chi connectivity index (χ0n) is 6.75. The van der Waals surface area contributed by atoms with Gasteiger partial charge in [0, 0.05) is 11.3 Å². The fourth-order valence-electron chi connectivity index (χ4n) is 0.950. The molecule has 0 aliphatic heterocycles. The maximum Gasteiger partial charge on any atom is 0.233 e. The van der Waals surface area contributed by atoms with Crippen LogP contribution in [0.3, 0.4) is 0 Å². The summed E-state index contributed by atoms with van der Waals surface area (Å²) in [4.78, 5) is 12.0. The maximum absolute atomic E-state index is 10.7. The average molecular weight is 184 g/mol. The number of carbonyl (C=O) groups excluding carboxylic acids is 1. The molecule has 0 atom stereocenters. The van der Waals surface area contributed by atoms with Gasteiger partial charge in [-0.05, 0) is 24.3 Å². The quantitative estimate of drug-likeness (QED) is 0.417. The van der Waals surface area contributed by atoms with E-state index in [1.54, 1.807) is 11.3 Å². The molecule has 3 N–H and O–H groups in total. The fraction of sp³-hybridized carbons (Fsp3) is 0.375. The zero-order valence-corrected chi connectivity index (χ0v) is 7.56. The minimum atomic E-state index is -0.0912. The summed E-state index contributed by atoms with van der Waals surface area (Å²) >= 11 is 1.72. The highest BCUT2D eigenvalue weighted by atomic mass is 32.1. The Morgan fingerprint density at radius 2 is 2.50 bits per heavy atom. The molecule has 1 aromatic rings. The Balaban J connectivity index is 2.15. The lowest BCUT2D eigenvalue weighted by atomic mass is 10.2. The van der Waals surface area contributed by atoms with Gasteiger partial charge in [0.15, 0.2) is 0 Å². The van der Waals surface area contributed by atoms with E-state index in [-0.39, 0.29) is 5.91 Å². The molecule has 4 heteroatoms. The van der Waals surface area contributed by atoms with Gasteiger partial charge in [-0.25, -0.2) is 5.84 Å². The first-order valence-corrected chi connectivity index (χ1v) is 4.72. The van der Waals surface area contributed by atoms with E-state index >= 15 is 0 Å². The normalized spacial score (nSPS) is 9.75. The molecule has 0 saturated carbocycles. The highest BCUT2D eigenvalue weighted by Crippen LogP contribution is 2.11. The van der Waals surface area contributed by atoms with Crippen LogP contribution in [0.2, 0.25) is 0 Å². The van der Waals surface area contributed by atoms with Crippen molar-refractivity contribution >= 4 is 17.2 Å². The van der Waals surface area contributed by atoms with Gasteiger partial charge in [-0.2, -0.15) is 0 Å². The first kappa shape index (κ1) is 9.22. The smallest absolute Gasteiger partial charge is 0.233 e. The first-order chi connectivity index (χ1) is 5.83. The summed E-state index contributed by atoms with van der Waals surface area (Å²) in [5, 5.41) is 2.04. The molecule has 1 aromatic heterocycles. The van der Waals surface area contributed by atoms with Gasteiger partial charge in [0.2, 0.25) is 5.91 Å². The van der Waals surface area contributed by atoms with Crippen LogP contribution in [0.25, 0.3) is 0 Å². The van der Waals surface area contributed by atoms with Crippen LogP contribution >= 0.6 is 11.3 Å². The molecule has 1 heterocycles. The highest BCUT2D eigenvalue weighted by Gasteiger charge is 1.98. The number of carbonyl (C=O) groups is 1. The van der Waals surface area contributed by atoms with Crippen LogP contribution < -0.4 is 11.3 Å². The van der Waals surface area contributed by atoms with Crippen LogP contribution in [-0.4, -0.2) is 5.91 Å². The highest BCUT2D eigenvalue weighted by molar-refractivity contribution is 7.09. The standard InChI is InChI=1S/C8H12N2OS/c9-10-8(11)5-1-3-7-4-2-6-12-7/h2,4,6H,1,3,5,9H2,(H,10,11). The SMILES string of the molecule is NNC(=O)CCCc1cccs1. The van der Waals surface area contributed by atoms with Gasteiger partial charge in [-0.3, -0.25) is 10.2 Å². The van der Waals surface area contributed by atoms with Crippen molar-refractivity contribution in [2.75, 3.05) is 0 Å². The van der Waals surface area contributed by atoms with Crippen molar-refractivity contribution in [3.8, 4) is 0 Å². The number of hydrazine groups is 1. The summed E-state index contributed by atoms with van der Waals surface area (Å²) in [7, 11) is 0. The molecule has 0 bridgehead atoms. The maximum atomic E-state index is 10.7. The second-order valence-corrected chi connectivity index (χ2v) is 3.53. The number of hydrogen-bond donors (Lipinski definition) is 2. The molecule has 0 aliphatic carbocycles. The number of nitrogens with one attached hydrogen (secondary N) is 1. The van der Waals surface area contributed by atoms with Crippen LogP contribution in [0.15, 0.2) is 17.5 Å². The lowest BCUT2D eigenvalue weighted by Crippen LogP contribution is -2.29. The van der Waals surface area contributed by atoms with Gasteiger partial charge < -0.3 is 0 Å². The van der Waals surface area contributed by atoms with E-state index in [0.29, 0.717) is 6.42 Å². The van der Waals surface area contributed by atoms with Crippen LogP contribution in [0.5, 0.6) is 0 Å². The van der Waals surface area contributed by atoms with Crippen molar-refractivity contribution in [3.05, 3.63) is 22.4 Å². The van der Waals surface area contributed by atoms with Crippen molar-refractivity contribution < 1.29 is 4.79 Å². The molecule has 0 radical (unpaired) electrons. The van der Waals surface area contributed by atoms with E-state index in [0.717, 1.165) is 12.8 Å². The Kier molecular flexibility index (Phi) is 3.76. The third kappa shape index (κ3) is 3.02. The predicted octanol–water partition coefficient (Wildman–Crippen LogP) is 1.06. The molecule has 3 nitrogen and oxygen atoms in total. The molecular formula is C8H12N2OS. The van der Waals surface area contributed by atoms with Crippen LogP contribution in [-0.2, 0) is 11.2 Å². The number of aryl methyl sites for hydroxylation is 1. The monoisotopic (exact) mass is 184 g/mol. The second-order valence-electron chi connectivity index (χ2n) is 2.50. The Morgan fingerprint density at radius 1 is 1.67 bits per heavy atom. The molecule has 0 unspecified atom stereocenters. The molecule has 0 saturated heterocycles. The average Bonchev–Trinajstić information content (AvgIpc) is 2.57. The number of nitrogens with two attached hydrogens (primary N) is 1. The minimum Gasteiger partial charge on any atom is -0.294 e. The third-order valence-corrected chi connectivity index (χ3v) is 2.50. The van der Waals surface area contributed by atoms with E-state index in [1.165, 1.54) is 4.88 Å². The van der Waals surface area contributed by atoms with E-state index < -0.39 is 0 Å². The van der Waals surface area contributed by atoms with Crippen molar-refractivity contribution in [2.24, 2.45) is 5.84 Å². The molecule has 12 heavy (non-hydrogen) atoms. The van der Waals surface area contributed by atoms with Crippen molar-refractivity contribution in [2.45, 2.75) is 19.3 Å². The van der Waals surface area contributed by atoms with Crippen molar-refractivity contribution in [3.63, 3.8) is 0 Å². The van der Waals surface area contributed by atoms with Gasteiger partial charge in [0.1, 0.15) is 0 Å². The van der Waals surface area contributed by atoms with E-state index in [1.807, 2.05) is 11.4 Å². The summed E-state index contributed by atoms with van der Waals surface area (Å²) in [6, 6.07) is 4.09. The third-order valence-electron chi connectivity index (χ3n) is 1.57. The number of thiophene rings is 1. The van der Waals surface area contributed by atoms with Gasteiger partial charge in [-0.15, -0.1) is 11.3 Å². The minimum absolute atomic E-state index is 0.0912. The summed E-state index contributed by atoms with van der Waals surface area (Å²) in [6.45, 7) is 0. The van der Waals surface area contributed by atoms with Crippen molar-refractivity contribution in [1.29, 1.82) is 0 Å². The number of amides is 1. The Morgan fingerprint density at radius 3 is 3.08 bits per heavy atom. The molecule has 66 valence electrons. The van der Waals surface area contributed by atoms with E-state index in [2.05, 4.69) is 11.5 Å². The largest absolute Gasteiger partial charge is 0.294 e. The van der Waals surface area contributed by atoms with Gasteiger partial charge in [0.25, 0.3) is 0 Å². The van der Waals surface area contributed by atoms with Gasteiger partial charge in [0.05, 0.1) is 0 Å². The summed E-state index contributed by atoms with van der Waals surface area (Å²) in [6.07, 6.45) is 2.34. The first-order valence-electron chi connectivity index (χ1n) is 3.85. The molecular weight excluding hydrogens is 172 g/mol. The van der Waals surface area contributed by atoms with Gasteiger partial charge >= 0.3 is 0 Å². The number of rotatable bonds is 4. The van der Waals surface area contributed by atoms with Crippen molar-refractivity contribution in [1.82, 2.24) is 5.43 Å². The van der Waals surface area contributed by atoms with E-state index in [4.69, 9.17) is 5.84 Å². The molecule has 1 amide bonds. The Bertz CT molecular complexity index is 233. The Labute approximate surface area is 75.6 Å². The summed E-state index contributed by atoms with van der Waals surface area (Å²) < 4.78 is 0. The summed E-state index contributed by atoms with van der Waals surface area (Å²) in [5.74, 6) is 4.84. The van der Waals surface area contributed by atoms with Crippen LogP contribution in [0.1, 0.15) is 17.7 Å². The molecule has 1 rings (SSSR count). The Hall–Kier alpha value is -0.870. The molecule has 0 aromatic carbocycles. The van der Waals surface area contributed by atoms with Gasteiger partial charge in [-0.1, -0.05) is 6.07 Å². The topological polar surface area (TPSA) is 55.1 Å². The lowest BCUT2D eigenvalue weighted by molar-refractivity contribution is -0.121. The molecule has 0 spiro atoms. The summed E-state index contributed by atoms with van der Waals surface area (Å²) in [5.41, 5.74) is 2.11. The van der Waals surface area contributed by atoms with E-state index in [9.17, 15) is 4.79 Å². The molecule has 0 fully saturated rings. The molecule has 0 aliphatic rings. The number of hydrogen-bond acceptors (Lipinski definition) is 3. The predicted molar refractivity (Wildman–Crippen MR) is 49.6 cm³/mol. The second kappa shape index (κ2) is 4.90. The van der Waals surface area contributed by atoms with Crippen LogP contribution in [0.4, 0.5) is 0 Å².